The summed E-state index contributed by atoms with van der Waals surface area (Å²) in [6, 6.07) is 0. The maximum absolute atomic E-state index is 5.55. The predicted octanol–water partition coefficient (Wildman–Crippen LogP) is 2.07. The van der Waals surface area contributed by atoms with Gasteiger partial charge in [0, 0.05) is 0 Å². The molecule has 0 saturated heterocycles. The first kappa shape index (κ1) is 6.66. The van der Waals surface area contributed by atoms with Gasteiger partial charge in [-0.05, 0) is 44.4 Å². The largest absolute Gasteiger partial charge is 0.378 e. The highest BCUT2D eigenvalue weighted by Crippen LogP contribution is 2.58. The molecular formula is C9H16O. The predicted molar refractivity (Wildman–Crippen MR) is 40.8 cm³/mol. The Kier molecular flexibility index (Phi) is 1.48. The van der Waals surface area contributed by atoms with E-state index >= 15 is 0 Å². The maximum atomic E-state index is 5.55. The SMILES string of the molecule is CC(C)OCC1C2CC1C2. The Hall–Kier alpha value is -0.0400. The van der Waals surface area contributed by atoms with Crippen molar-refractivity contribution < 1.29 is 4.74 Å². The lowest BCUT2D eigenvalue weighted by Crippen LogP contribution is -2.52. The minimum Gasteiger partial charge on any atom is -0.378 e. The number of ether oxygens (including phenoxy) is 1. The Morgan fingerprint density at radius 1 is 1.30 bits per heavy atom. The van der Waals surface area contributed by atoms with E-state index in [9.17, 15) is 0 Å². The Labute approximate surface area is 62.8 Å². The molecule has 0 heterocycles. The lowest BCUT2D eigenvalue weighted by molar-refractivity contribution is -0.130. The third kappa shape index (κ3) is 0.878. The standard InChI is InChI=1S/C9H16O/c1-6(2)10-5-9-7-3-8(9)4-7/h6-9H,3-5H2,1-2H3. The third-order valence-electron chi connectivity index (χ3n) is 3.04. The minimum absolute atomic E-state index is 0.431. The van der Waals surface area contributed by atoms with E-state index in [1.165, 1.54) is 12.8 Å². The molecule has 1 heteroatoms. The van der Waals surface area contributed by atoms with E-state index in [0.717, 1.165) is 24.4 Å². The van der Waals surface area contributed by atoms with E-state index in [2.05, 4.69) is 13.8 Å². The summed E-state index contributed by atoms with van der Waals surface area (Å²) in [7, 11) is 0. The van der Waals surface area contributed by atoms with Gasteiger partial charge in [-0.3, -0.25) is 0 Å². The van der Waals surface area contributed by atoms with Crippen LogP contribution in [0.15, 0.2) is 0 Å². The monoisotopic (exact) mass is 140 g/mol. The molecule has 3 aliphatic rings. The Bertz CT molecular complexity index is 117. The number of hydrogen-bond donors (Lipinski definition) is 0. The van der Waals surface area contributed by atoms with Gasteiger partial charge < -0.3 is 4.74 Å². The van der Waals surface area contributed by atoms with Crippen LogP contribution in [0.4, 0.5) is 0 Å². The summed E-state index contributed by atoms with van der Waals surface area (Å²) in [6.45, 7) is 5.27. The normalized spacial score (nSPS) is 42.9. The fraction of sp³-hybridized carbons (Fsp3) is 1.00. The Morgan fingerprint density at radius 3 is 2.20 bits per heavy atom. The van der Waals surface area contributed by atoms with Gasteiger partial charge >= 0.3 is 0 Å². The van der Waals surface area contributed by atoms with Gasteiger partial charge in [0.25, 0.3) is 0 Å². The van der Waals surface area contributed by atoms with Crippen molar-refractivity contribution in [3.63, 3.8) is 0 Å². The molecule has 3 saturated carbocycles. The zero-order chi connectivity index (χ0) is 7.14. The van der Waals surface area contributed by atoms with Crippen LogP contribution in [-0.4, -0.2) is 12.7 Å². The van der Waals surface area contributed by atoms with Crippen LogP contribution in [0.25, 0.3) is 0 Å². The molecule has 3 fully saturated rings. The average Bonchev–Trinajstić information content (AvgIpc) is 1.55. The topological polar surface area (TPSA) is 9.23 Å². The summed E-state index contributed by atoms with van der Waals surface area (Å²) in [5, 5.41) is 0. The van der Waals surface area contributed by atoms with Crippen molar-refractivity contribution in [2.24, 2.45) is 17.8 Å². The summed E-state index contributed by atoms with van der Waals surface area (Å²) in [6.07, 6.45) is 3.44. The summed E-state index contributed by atoms with van der Waals surface area (Å²) in [4.78, 5) is 0. The van der Waals surface area contributed by atoms with Gasteiger partial charge in [-0.25, -0.2) is 0 Å². The van der Waals surface area contributed by atoms with Crippen molar-refractivity contribution in [1.82, 2.24) is 0 Å². The van der Waals surface area contributed by atoms with Crippen LogP contribution in [0, 0.1) is 17.8 Å². The molecule has 3 rings (SSSR count). The van der Waals surface area contributed by atoms with Crippen molar-refractivity contribution >= 4 is 0 Å². The molecule has 0 aromatic heterocycles. The van der Waals surface area contributed by atoms with Gasteiger partial charge in [0.05, 0.1) is 12.7 Å². The van der Waals surface area contributed by atoms with Gasteiger partial charge in [0.15, 0.2) is 0 Å². The van der Waals surface area contributed by atoms with E-state index in [1.807, 2.05) is 0 Å². The van der Waals surface area contributed by atoms with Crippen LogP contribution in [0.2, 0.25) is 0 Å². The number of hydrogen-bond acceptors (Lipinski definition) is 1. The molecule has 10 heavy (non-hydrogen) atoms. The van der Waals surface area contributed by atoms with Crippen LogP contribution in [0.1, 0.15) is 26.7 Å². The van der Waals surface area contributed by atoms with Gasteiger partial charge in [0.2, 0.25) is 0 Å². The summed E-state index contributed by atoms with van der Waals surface area (Å²) < 4.78 is 5.55. The van der Waals surface area contributed by atoms with Crippen molar-refractivity contribution in [3.8, 4) is 0 Å². The third-order valence-corrected chi connectivity index (χ3v) is 3.04. The van der Waals surface area contributed by atoms with Crippen LogP contribution in [-0.2, 0) is 4.74 Å². The molecule has 0 unspecified atom stereocenters. The molecule has 0 radical (unpaired) electrons. The van der Waals surface area contributed by atoms with Crippen molar-refractivity contribution in [2.45, 2.75) is 32.8 Å². The van der Waals surface area contributed by atoms with Crippen molar-refractivity contribution in [1.29, 1.82) is 0 Å². The molecule has 2 bridgehead atoms. The fourth-order valence-electron chi connectivity index (χ4n) is 1.98. The van der Waals surface area contributed by atoms with Crippen LogP contribution in [0.5, 0.6) is 0 Å². The van der Waals surface area contributed by atoms with Crippen molar-refractivity contribution in [2.75, 3.05) is 6.61 Å². The zero-order valence-electron chi connectivity index (χ0n) is 6.84. The highest BCUT2D eigenvalue weighted by molar-refractivity contribution is 5.01. The van der Waals surface area contributed by atoms with Gasteiger partial charge in [-0.1, -0.05) is 0 Å². The van der Waals surface area contributed by atoms with Gasteiger partial charge in [0.1, 0.15) is 0 Å². The van der Waals surface area contributed by atoms with Crippen LogP contribution < -0.4 is 0 Å². The Balaban J connectivity index is 1.64. The first-order valence-corrected chi connectivity index (χ1v) is 4.39. The zero-order valence-corrected chi connectivity index (χ0v) is 6.84. The average molecular weight is 140 g/mol. The second-order valence-electron chi connectivity index (χ2n) is 4.04. The van der Waals surface area contributed by atoms with Crippen molar-refractivity contribution in [3.05, 3.63) is 0 Å². The first-order chi connectivity index (χ1) is 4.77. The molecule has 0 N–H and O–H groups in total. The van der Waals surface area contributed by atoms with E-state index < -0.39 is 0 Å². The molecular weight excluding hydrogens is 124 g/mol. The molecule has 58 valence electrons. The highest BCUT2D eigenvalue weighted by atomic mass is 16.5. The summed E-state index contributed by atoms with van der Waals surface area (Å²) >= 11 is 0. The van der Waals surface area contributed by atoms with E-state index in [4.69, 9.17) is 4.74 Å². The molecule has 0 aromatic carbocycles. The van der Waals surface area contributed by atoms with E-state index in [1.54, 1.807) is 0 Å². The molecule has 0 aliphatic heterocycles. The Morgan fingerprint density at radius 2 is 1.90 bits per heavy atom. The lowest BCUT2D eigenvalue weighted by Gasteiger charge is -2.58. The molecule has 0 spiro atoms. The van der Waals surface area contributed by atoms with Crippen LogP contribution >= 0.6 is 0 Å². The minimum atomic E-state index is 0.431. The molecule has 1 nitrogen and oxygen atoms in total. The summed E-state index contributed by atoms with van der Waals surface area (Å²) in [5.74, 6) is 3.08. The fourth-order valence-corrected chi connectivity index (χ4v) is 1.98. The smallest absolute Gasteiger partial charge is 0.0519 e. The molecule has 3 aliphatic carbocycles. The molecule has 0 aromatic rings. The molecule has 0 atom stereocenters. The first-order valence-electron chi connectivity index (χ1n) is 4.39. The van der Waals surface area contributed by atoms with E-state index in [-0.39, 0.29) is 0 Å². The van der Waals surface area contributed by atoms with E-state index in [0.29, 0.717) is 6.10 Å². The maximum Gasteiger partial charge on any atom is 0.0519 e. The molecule has 0 amide bonds. The lowest BCUT2D eigenvalue weighted by atomic mass is 9.48. The van der Waals surface area contributed by atoms with Gasteiger partial charge in [-0.15, -0.1) is 0 Å². The van der Waals surface area contributed by atoms with Crippen LogP contribution in [0.3, 0.4) is 0 Å². The second kappa shape index (κ2) is 2.23. The second-order valence-corrected chi connectivity index (χ2v) is 4.04. The number of rotatable bonds is 3. The highest BCUT2D eigenvalue weighted by Gasteiger charge is 2.52. The van der Waals surface area contributed by atoms with Gasteiger partial charge in [-0.2, -0.15) is 0 Å². The summed E-state index contributed by atoms with van der Waals surface area (Å²) in [5.41, 5.74) is 0. The quantitative estimate of drug-likeness (QED) is 0.583.